The van der Waals surface area contributed by atoms with Gasteiger partial charge in [0.25, 0.3) is 0 Å². The average Bonchev–Trinajstić information content (AvgIpc) is 2.83. The van der Waals surface area contributed by atoms with Crippen molar-refractivity contribution < 1.29 is 4.42 Å². The fourth-order valence-electron chi connectivity index (χ4n) is 5.78. The van der Waals surface area contributed by atoms with Gasteiger partial charge in [-0.2, -0.15) is 0 Å². The van der Waals surface area contributed by atoms with Gasteiger partial charge in [-0.1, -0.05) is 6.92 Å². The van der Waals surface area contributed by atoms with Crippen LogP contribution in [0.1, 0.15) is 56.6 Å². The molecule has 1 unspecified atom stereocenters. The van der Waals surface area contributed by atoms with Crippen molar-refractivity contribution in [3.63, 3.8) is 0 Å². The van der Waals surface area contributed by atoms with Crippen molar-refractivity contribution in [1.82, 2.24) is 5.32 Å². The Kier molecular flexibility index (Phi) is 3.17. The first kappa shape index (κ1) is 12.9. The molecule has 4 fully saturated rings. The van der Waals surface area contributed by atoms with Gasteiger partial charge < -0.3 is 9.73 Å². The van der Waals surface area contributed by atoms with Crippen molar-refractivity contribution in [3.05, 3.63) is 23.7 Å². The Morgan fingerprint density at radius 2 is 1.75 bits per heavy atom. The Labute approximate surface area is 122 Å². The molecule has 1 aromatic rings. The molecule has 0 saturated heterocycles. The molecule has 0 radical (unpaired) electrons. The van der Waals surface area contributed by atoms with Crippen molar-refractivity contribution in [2.24, 2.45) is 29.6 Å². The molecule has 1 N–H and O–H groups in total. The minimum Gasteiger partial charge on any atom is -0.465 e. The van der Waals surface area contributed by atoms with E-state index in [2.05, 4.69) is 31.3 Å². The van der Waals surface area contributed by atoms with E-state index in [0.717, 1.165) is 41.9 Å². The summed E-state index contributed by atoms with van der Waals surface area (Å²) in [6.07, 6.45) is 7.47. The van der Waals surface area contributed by atoms with Crippen LogP contribution in [-0.2, 0) is 0 Å². The van der Waals surface area contributed by atoms with Crippen LogP contribution < -0.4 is 5.32 Å². The monoisotopic (exact) mass is 273 g/mol. The van der Waals surface area contributed by atoms with Gasteiger partial charge in [-0.05, 0) is 87.3 Å². The third-order valence-corrected chi connectivity index (χ3v) is 6.18. The zero-order valence-corrected chi connectivity index (χ0v) is 12.8. The Morgan fingerprint density at radius 1 is 1.10 bits per heavy atom. The summed E-state index contributed by atoms with van der Waals surface area (Å²) in [6.45, 7) is 5.31. The fourth-order valence-corrected chi connectivity index (χ4v) is 5.78. The van der Waals surface area contributed by atoms with E-state index < -0.39 is 0 Å². The standard InChI is InChI=1S/C18H27NO/c1-3-19-18(16-5-4-11(2)20-16)17-14-7-12-6-13(9-14)10-15(17)8-12/h4-5,12-15,17-19H,3,6-10H2,1-2H3. The summed E-state index contributed by atoms with van der Waals surface area (Å²) in [6, 6.07) is 4.77. The summed E-state index contributed by atoms with van der Waals surface area (Å²) < 4.78 is 5.99. The summed E-state index contributed by atoms with van der Waals surface area (Å²) in [5.41, 5.74) is 0. The number of rotatable bonds is 4. The highest BCUT2D eigenvalue weighted by Gasteiger charge is 2.51. The minimum absolute atomic E-state index is 0.448. The maximum absolute atomic E-state index is 5.99. The molecule has 20 heavy (non-hydrogen) atoms. The van der Waals surface area contributed by atoms with Crippen molar-refractivity contribution >= 4 is 0 Å². The highest BCUT2D eigenvalue weighted by atomic mass is 16.3. The van der Waals surface area contributed by atoms with Crippen molar-refractivity contribution in [2.45, 2.75) is 52.0 Å². The molecule has 1 atom stereocenters. The van der Waals surface area contributed by atoms with Gasteiger partial charge in [-0.3, -0.25) is 0 Å². The number of aryl methyl sites for hydroxylation is 1. The third-order valence-electron chi connectivity index (χ3n) is 6.18. The van der Waals surface area contributed by atoms with E-state index in [9.17, 15) is 0 Å². The Morgan fingerprint density at radius 3 is 2.25 bits per heavy atom. The van der Waals surface area contributed by atoms with Gasteiger partial charge in [0.1, 0.15) is 11.5 Å². The van der Waals surface area contributed by atoms with Crippen LogP contribution in [0.2, 0.25) is 0 Å². The van der Waals surface area contributed by atoms with E-state index in [0.29, 0.717) is 6.04 Å². The molecule has 0 aromatic carbocycles. The molecular weight excluding hydrogens is 246 g/mol. The molecule has 5 rings (SSSR count). The van der Waals surface area contributed by atoms with Crippen LogP contribution in [0.4, 0.5) is 0 Å². The molecule has 4 saturated carbocycles. The maximum Gasteiger partial charge on any atom is 0.121 e. The van der Waals surface area contributed by atoms with Crippen LogP contribution in [0.5, 0.6) is 0 Å². The molecule has 110 valence electrons. The van der Waals surface area contributed by atoms with Gasteiger partial charge in [0.2, 0.25) is 0 Å². The third kappa shape index (κ3) is 2.04. The number of hydrogen-bond donors (Lipinski definition) is 1. The van der Waals surface area contributed by atoms with E-state index in [4.69, 9.17) is 4.42 Å². The molecule has 2 heteroatoms. The molecule has 4 aliphatic carbocycles. The molecule has 1 heterocycles. The number of nitrogens with one attached hydrogen (secondary N) is 1. The number of hydrogen-bond acceptors (Lipinski definition) is 2. The first-order valence-electron chi connectivity index (χ1n) is 8.54. The Hall–Kier alpha value is -0.760. The zero-order chi connectivity index (χ0) is 13.7. The smallest absolute Gasteiger partial charge is 0.121 e. The van der Waals surface area contributed by atoms with Crippen molar-refractivity contribution in [3.8, 4) is 0 Å². The lowest BCUT2D eigenvalue weighted by Crippen LogP contribution is -2.49. The normalized spacial score (nSPS) is 40.2. The highest BCUT2D eigenvalue weighted by molar-refractivity contribution is 5.14. The minimum atomic E-state index is 0.448. The lowest BCUT2D eigenvalue weighted by atomic mass is 9.50. The molecule has 4 aliphatic rings. The van der Waals surface area contributed by atoms with Gasteiger partial charge in [-0.15, -0.1) is 0 Å². The van der Waals surface area contributed by atoms with E-state index >= 15 is 0 Å². The van der Waals surface area contributed by atoms with Gasteiger partial charge in [0, 0.05) is 0 Å². The molecule has 2 nitrogen and oxygen atoms in total. The predicted octanol–water partition coefficient (Wildman–Crippen LogP) is 4.31. The van der Waals surface area contributed by atoms with Crippen LogP contribution in [0.3, 0.4) is 0 Å². The fraction of sp³-hybridized carbons (Fsp3) is 0.778. The summed E-state index contributed by atoms with van der Waals surface area (Å²) in [4.78, 5) is 0. The molecule has 0 aliphatic heterocycles. The Balaban J connectivity index is 1.63. The van der Waals surface area contributed by atoms with E-state index in [1.165, 1.54) is 37.9 Å². The molecule has 0 amide bonds. The van der Waals surface area contributed by atoms with Crippen LogP contribution in [0.15, 0.2) is 16.5 Å². The van der Waals surface area contributed by atoms with Crippen LogP contribution in [-0.4, -0.2) is 6.54 Å². The summed E-state index contributed by atoms with van der Waals surface area (Å²) in [5.74, 6) is 7.03. The second-order valence-corrected chi connectivity index (χ2v) is 7.49. The lowest BCUT2D eigenvalue weighted by Gasteiger charge is -2.56. The average molecular weight is 273 g/mol. The lowest BCUT2D eigenvalue weighted by molar-refractivity contribution is -0.0551. The van der Waals surface area contributed by atoms with Gasteiger partial charge in [0.15, 0.2) is 0 Å². The van der Waals surface area contributed by atoms with Gasteiger partial charge in [0.05, 0.1) is 6.04 Å². The van der Waals surface area contributed by atoms with Crippen LogP contribution in [0, 0.1) is 36.5 Å². The Bertz CT molecular complexity index is 450. The van der Waals surface area contributed by atoms with Crippen molar-refractivity contribution in [2.75, 3.05) is 6.54 Å². The molecule has 1 aromatic heterocycles. The first-order valence-corrected chi connectivity index (χ1v) is 8.54. The van der Waals surface area contributed by atoms with Gasteiger partial charge in [-0.25, -0.2) is 0 Å². The SMILES string of the molecule is CCNC(c1ccc(C)o1)C1C2CC3CC(C2)CC1C3. The topological polar surface area (TPSA) is 25.2 Å². The molecule has 0 spiro atoms. The van der Waals surface area contributed by atoms with E-state index in [1.54, 1.807) is 0 Å². The summed E-state index contributed by atoms with van der Waals surface area (Å²) in [7, 11) is 0. The highest BCUT2D eigenvalue weighted by Crippen LogP contribution is 2.59. The zero-order valence-electron chi connectivity index (χ0n) is 12.8. The quantitative estimate of drug-likeness (QED) is 0.884. The molecular formula is C18H27NO. The van der Waals surface area contributed by atoms with Crippen LogP contribution in [0.25, 0.3) is 0 Å². The molecule has 4 bridgehead atoms. The number of furan rings is 1. The second-order valence-electron chi connectivity index (χ2n) is 7.49. The first-order chi connectivity index (χ1) is 9.74. The largest absolute Gasteiger partial charge is 0.465 e. The second kappa shape index (κ2) is 4.91. The summed E-state index contributed by atoms with van der Waals surface area (Å²) in [5, 5.41) is 3.75. The van der Waals surface area contributed by atoms with Crippen LogP contribution >= 0.6 is 0 Å². The predicted molar refractivity (Wildman–Crippen MR) is 80.4 cm³/mol. The van der Waals surface area contributed by atoms with E-state index in [1.807, 2.05) is 0 Å². The van der Waals surface area contributed by atoms with E-state index in [-0.39, 0.29) is 0 Å². The van der Waals surface area contributed by atoms with Gasteiger partial charge >= 0.3 is 0 Å². The summed E-state index contributed by atoms with van der Waals surface area (Å²) >= 11 is 0. The maximum atomic E-state index is 5.99. The van der Waals surface area contributed by atoms with Crippen molar-refractivity contribution in [1.29, 1.82) is 0 Å².